The molecule has 2 fully saturated rings. The van der Waals surface area contributed by atoms with Crippen LogP contribution in [0.5, 0.6) is 0 Å². The van der Waals surface area contributed by atoms with Crippen molar-refractivity contribution in [3.63, 3.8) is 0 Å². The van der Waals surface area contributed by atoms with Crippen LogP contribution in [0, 0.1) is 5.82 Å². The molecule has 0 saturated carbocycles. The number of hydrogen-bond donors (Lipinski definition) is 1. The van der Waals surface area contributed by atoms with E-state index in [2.05, 4.69) is 15.3 Å². The molecule has 29 heavy (non-hydrogen) atoms. The molecule has 0 spiro atoms. The van der Waals surface area contributed by atoms with Crippen LogP contribution in [0.3, 0.4) is 0 Å². The molecular weight excluding hydrogens is 379 g/mol. The monoisotopic (exact) mass is 402 g/mol. The number of ether oxygens (including phenoxy) is 3. The molecule has 154 valence electrons. The zero-order valence-corrected chi connectivity index (χ0v) is 16.2. The molecule has 0 unspecified atom stereocenters. The van der Waals surface area contributed by atoms with Crippen molar-refractivity contribution in [1.82, 2.24) is 14.9 Å². The summed E-state index contributed by atoms with van der Waals surface area (Å²) in [5.74, 6) is -0.0127. The standard InChI is InChI=1S/C20H23FN4O4/c1-25(2)17(26)11-27-16-10-29-18-15(9-28-19(16)18)24-20-22-7-6-14(23-20)12-4-3-5-13(21)8-12/h3-8,15-16,18-19H,9-11H2,1-2H3,(H,22,23,24)/t15-,16+,18+,19+/m0/s1. The fraction of sp³-hybridized carbons (Fsp3) is 0.450. The van der Waals surface area contributed by atoms with E-state index in [1.807, 2.05) is 0 Å². The molecule has 8 nitrogen and oxygen atoms in total. The van der Waals surface area contributed by atoms with Crippen LogP contribution < -0.4 is 5.32 Å². The Morgan fingerprint density at radius 3 is 2.90 bits per heavy atom. The highest BCUT2D eigenvalue weighted by molar-refractivity contribution is 5.76. The van der Waals surface area contributed by atoms with Gasteiger partial charge >= 0.3 is 0 Å². The van der Waals surface area contributed by atoms with Gasteiger partial charge in [0.05, 0.1) is 24.9 Å². The summed E-state index contributed by atoms with van der Waals surface area (Å²) in [5.41, 5.74) is 1.29. The number of aromatic nitrogens is 2. The number of amides is 1. The predicted octanol–water partition coefficient (Wildman–Crippen LogP) is 1.33. The molecule has 2 aliphatic rings. The van der Waals surface area contributed by atoms with E-state index in [4.69, 9.17) is 14.2 Å². The van der Waals surface area contributed by atoms with Crippen molar-refractivity contribution in [2.75, 3.05) is 39.2 Å². The minimum Gasteiger partial charge on any atom is -0.370 e. The van der Waals surface area contributed by atoms with Crippen LogP contribution in [-0.2, 0) is 19.0 Å². The predicted molar refractivity (Wildman–Crippen MR) is 103 cm³/mol. The number of benzene rings is 1. The van der Waals surface area contributed by atoms with Crippen LogP contribution in [0.2, 0.25) is 0 Å². The van der Waals surface area contributed by atoms with Crippen molar-refractivity contribution in [2.45, 2.75) is 24.4 Å². The normalized spacial score (nSPS) is 25.6. The van der Waals surface area contributed by atoms with Gasteiger partial charge in [-0.3, -0.25) is 4.79 Å². The lowest BCUT2D eigenvalue weighted by Gasteiger charge is -2.18. The van der Waals surface area contributed by atoms with Crippen LogP contribution >= 0.6 is 0 Å². The van der Waals surface area contributed by atoms with Gasteiger partial charge in [-0.1, -0.05) is 12.1 Å². The number of halogens is 1. The third-order valence-electron chi connectivity index (χ3n) is 5.02. The molecule has 4 rings (SSSR count). The Bertz CT molecular complexity index is 881. The zero-order chi connectivity index (χ0) is 20.4. The van der Waals surface area contributed by atoms with Crippen LogP contribution in [-0.4, -0.2) is 79.0 Å². The first kappa shape index (κ1) is 19.7. The highest BCUT2D eigenvalue weighted by atomic mass is 19.1. The summed E-state index contributed by atoms with van der Waals surface area (Å²) in [6, 6.07) is 7.83. The maximum Gasteiger partial charge on any atom is 0.248 e. The SMILES string of the molecule is CN(C)C(=O)CO[C@@H]1CO[C@H]2[C@@H]1OC[C@@H]2Nc1nccc(-c2cccc(F)c2)n1. The lowest BCUT2D eigenvalue weighted by atomic mass is 10.1. The van der Waals surface area contributed by atoms with Crippen molar-refractivity contribution in [3.05, 3.63) is 42.3 Å². The molecule has 1 N–H and O–H groups in total. The third kappa shape index (κ3) is 4.36. The van der Waals surface area contributed by atoms with Gasteiger partial charge < -0.3 is 24.4 Å². The summed E-state index contributed by atoms with van der Waals surface area (Å²) < 4.78 is 30.9. The van der Waals surface area contributed by atoms with Gasteiger partial charge in [0.1, 0.15) is 30.7 Å². The Kier molecular flexibility index (Phi) is 5.70. The van der Waals surface area contributed by atoms with E-state index in [9.17, 15) is 9.18 Å². The fourth-order valence-corrected chi connectivity index (χ4v) is 3.44. The highest BCUT2D eigenvalue weighted by Gasteiger charge is 2.48. The summed E-state index contributed by atoms with van der Waals surface area (Å²) in [6.45, 7) is 0.757. The number of nitrogens with zero attached hydrogens (tertiary/aromatic N) is 3. The Labute approximate surface area is 168 Å². The molecule has 0 radical (unpaired) electrons. The first-order valence-corrected chi connectivity index (χ1v) is 9.42. The summed E-state index contributed by atoms with van der Waals surface area (Å²) in [7, 11) is 3.37. The van der Waals surface area contributed by atoms with Crippen molar-refractivity contribution >= 4 is 11.9 Å². The topological polar surface area (TPSA) is 85.8 Å². The quantitative estimate of drug-likeness (QED) is 0.780. The molecule has 1 amide bonds. The van der Waals surface area contributed by atoms with Gasteiger partial charge in [-0.05, 0) is 18.2 Å². The molecule has 1 aromatic heterocycles. The molecule has 4 atom stereocenters. The Morgan fingerprint density at radius 2 is 2.10 bits per heavy atom. The van der Waals surface area contributed by atoms with E-state index in [-0.39, 0.29) is 42.7 Å². The Morgan fingerprint density at radius 1 is 1.28 bits per heavy atom. The van der Waals surface area contributed by atoms with Gasteiger partial charge in [-0.15, -0.1) is 0 Å². The average Bonchev–Trinajstić information content (AvgIpc) is 3.29. The maximum absolute atomic E-state index is 13.5. The number of nitrogens with one attached hydrogen (secondary N) is 1. The van der Waals surface area contributed by atoms with E-state index in [1.54, 1.807) is 38.5 Å². The van der Waals surface area contributed by atoms with Gasteiger partial charge in [-0.2, -0.15) is 0 Å². The van der Waals surface area contributed by atoms with Gasteiger partial charge in [0, 0.05) is 25.9 Å². The summed E-state index contributed by atoms with van der Waals surface area (Å²) >= 11 is 0. The summed E-state index contributed by atoms with van der Waals surface area (Å²) in [6.07, 6.45) is 0.844. The Hall–Kier alpha value is -2.62. The van der Waals surface area contributed by atoms with Crippen molar-refractivity contribution < 1.29 is 23.4 Å². The van der Waals surface area contributed by atoms with Crippen molar-refractivity contribution in [2.24, 2.45) is 0 Å². The average molecular weight is 402 g/mol. The smallest absolute Gasteiger partial charge is 0.248 e. The lowest BCUT2D eigenvalue weighted by molar-refractivity contribution is -0.137. The lowest BCUT2D eigenvalue weighted by Crippen LogP contribution is -2.38. The van der Waals surface area contributed by atoms with Gasteiger partial charge in [-0.25, -0.2) is 14.4 Å². The molecule has 2 aromatic rings. The fourth-order valence-electron chi connectivity index (χ4n) is 3.44. The largest absolute Gasteiger partial charge is 0.370 e. The number of likely N-dealkylation sites (N-methyl/N-ethyl adjacent to an activating group) is 1. The molecule has 2 aliphatic heterocycles. The molecule has 2 saturated heterocycles. The number of anilines is 1. The Balaban J connectivity index is 1.39. The second-order valence-electron chi connectivity index (χ2n) is 7.26. The number of carbonyl (C=O) groups excluding carboxylic acids is 1. The van der Waals surface area contributed by atoms with E-state index < -0.39 is 0 Å². The van der Waals surface area contributed by atoms with Crippen LogP contribution in [0.25, 0.3) is 11.3 Å². The maximum atomic E-state index is 13.5. The summed E-state index contributed by atoms with van der Waals surface area (Å²) in [5, 5.41) is 3.24. The van der Waals surface area contributed by atoms with Gasteiger partial charge in [0.15, 0.2) is 0 Å². The molecule has 0 aliphatic carbocycles. The van der Waals surface area contributed by atoms with E-state index >= 15 is 0 Å². The number of hydrogen-bond acceptors (Lipinski definition) is 7. The number of rotatable bonds is 6. The van der Waals surface area contributed by atoms with E-state index in [0.717, 1.165) is 0 Å². The molecule has 0 bridgehead atoms. The van der Waals surface area contributed by atoms with Gasteiger partial charge in [0.2, 0.25) is 11.9 Å². The minimum absolute atomic E-state index is 0.00943. The first-order valence-electron chi connectivity index (χ1n) is 9.42. The van der Waals surface area contributed by atoms with Crippen LogP contribution in [0.1, 0.15) is 0 Å². The number of fused-ring (bicyclic) bond motifs is 1. The third-order valence-corrected chi connectivity index (χ3v) is 5.02. The molecular formula is C20H23FN4O4. The van der Waals surface area contributed by atoms with Crippen molar-refractivity contribution in [1.29, 1.82) is 0 Å². The van der Waals surface area contributed by atoms with Gasteiger partial charge in [0.25, 0.3) is 0 Å². The summed E-state index contributed by atoms with van der Waals surface area (Å²) in [4.78, 5) is 21.9. The van der Waals surface area contributed by atoms with Crippen LogP contribution in [0.15, 0.2) is 36.5 Å². The second kappa shape index (κ2) is 8.40. The molecule has 1 aromatic carbocycles. The zero-order valence-electron chi connectivity index (χ0n) is 16.2. The molecule has 9 heteroatoms. The molecule has 3 heterocycles. The van der Waals surface area contributed by atoms with E-state index in [0.29, 0.717) is 30.4 Å². The van der Waals surface area contributed by atoms with E-state index in [1.165, 1.54) is 17.0 Å². The minimum atomic E-state index is -0.319. The van der Waals surface area contributed by atoms with Crippen LogP contribution in [0.4, 0.5) is 10.3 Å². The highest BCUT2D eigenvalue weighted by Crippen LogP contribution is 2.30. The van der Waals surface area contributed by atoms with Crippen molar-refractivity contribution in [3.8, 4) is 11.3 Å². The first-order chi connectivity index (χ1) is 14.0. The number of carbonyl (C=O) groups is 1. The second-order valence-corrected chi connectivity index (χ2v) is 7.26.